The molecule has 1 saturated heterocycles. The molecule has 2 aromatic heterocycles. The van der Waals surface area contributed by atoms with Gasteiger partial charge in [0.2, 0.25) is 5.91 Å². The molecule has 6 nitrogen and oxygen atoms in total. The van der Waals surface area contributed by atoms with E-state index in [4.69, 9.17) is 27.9 Å². The van der Waals surface area contributed by atoms with Gasteiger partial charge in [-0.1, -0.05) is 29.3 Å². The van der Waals surface area contributed by atoms with Gasteiger partial charge in [-0.25, -0.2) is 4.68 Å². The molecule has 1 aliphatic rings. The van der Waals surface area contributed by atoms with Crippen LogP contribution < -0.4 is 5.32 Å². The van der Waals surface area contributed by atoms with E-state index < -0.39 is 0 Å². The van der Waals surface area contributed by atoms with Gasteiger partial charge in [0, 0.05) is 41.9 Å². The summed E-state index contributed by atoms with van der Waals surface area (Å²) >= 11 is 12.6. The first kappa shape index (κ1) is 18.3. The van der Waals surface area contributed by atoms with E-state index in [0.29, 0.717) is 16.6 Å². The lowest BCUT2D eigenvalue weighted by Crippen LogP contribution is -2.19. The zero-order valence-electron chi connectivity index (χ0n) is 14.9. The van der Waals surface area contributed by atoms with Gasteiger partial charge in [0.1, 0.15) is 6.23 Å². The molecular formula is C19H20Cl2N4O2. The molecule has 1 atom stereocenters. The van der Waals surface area contributed by atoms with Crippen molar-refractivity contribution in [2.24, 2.45) is 0 Å². The average Bonchev–Trinajstić information content (AvgIpc) is 3.28. The number of ether oxygens (including phenoxy) is 1. The first-order chi connectivity index (χ1) is 13.0. The number of benzene rings is 1. The van der Waals surface area contributed by atoms with Gasteiger partial charge in [-0.05, 0) is 25.3 Å². The van der Waals surface area contributed by atoms with E-state index in [-0.39, 0.29) is 12.1 Å². The van der Waals surface area contributed by atoms with Crippen molar-refractivity contribution in [1.29, 1.82) is 0 Å². The molecule has 1 unspecified atom stereocenters. The number of fused-ring (bicyclic) bond motifs is 1. The Hall–Kier alpha value is -2.02. The Balaban J connectivity index is 1.79. The molecule has 1 fully saturated rings. The molecule has 4 rings (SSSR count). The quantitative estimate of drug-likeness (QED) is 0.660. The third-order valence-electron chi connectivity index (χ3n) is 4.80. The predicted molar refractivity (Wildman–Crippen MR) is 106 cm³/mol. The largest absolute Gasteiger partial charge is 0.357 e. The Bertz CT molecular complexity index is 989. The molecule has 1 aromatic carbocycles. The topological polar surface area (TPSA) is 71.9 Å². The number of halogens is 2. The van der Waals surface area contributed by atoms with E-state index in [1.165, 1.54) is 6.92 Å². The molecule has 2 N–H and O–H groups in total. The van der Waals surface area contributed by atoms with Crippen molar-refractivity contribution in [3.05, 3.63) is 40.3 Å². The molecule has 142 valence electrons. The molecule has 1 amide bonds. The molecule has 0 spiro atoms. The van der Waals surface area contributed by atoms with Crippen molar-refractivity contribution in [1.82, 2.24) is 20.1 Å². The average molecular weight is 407 g/mol. The minimum Gasteiger partial charge on any atom is -0.357 e. The maximum atomic E-state index is 11.4. The summed E-state index contributed by atoms with van der Waals surface area (Å²) in [5, 5.41) is 9.23. The maximum Gasteiger partial charge on any atom is 0.217 e. The number of H-pyrrole nitrogens is 1. The molecule has 1 aliphatic heterocycles. The minimum absolute atomic E-state index is 0.0328. The monoisotopic (exact) mass is 406 g/mol. The van der Waals surface area contributed by atoms with Crippen LogP contribution in [0.25, 0.3) is 22.0 Å². The summed E-state index contributed by atoms with van der Waals surface area (Å²) in [6.07, 6.45) is 6.95. The Labute approximate surface area is 166 Å². The van der Waals surface area contributed by atoms with Crippen molar-refractivity contribution >= 4 is 40.0 Å². The fourth-order valence-electron chi connectivity index (χ4n) is 3.49. The zero-order valence-corrected chi connectivity index (χ0v) is 16.4. The predicted octanol–water partition coefficient (Wildman–Crippen LogP) is 4.67. The maximum absolute atomic E-state index is 11.4. The van der Waals surface area contributed by atoms with Crippen molar-refractivity contribution < 1.29 is 9.53 Å². The van der Waals surface area contributed by atoms with Crippen LogP contribution in [-0.4, -0.2) is 27.3 Å². The van der Waals surface area contributed by atoms with Gasteiger partial charge >= 0.3 is 0 Å². The fraction of sp³-hybridized carbons (Fsp3) is 0.368. The van der Waals surface area contributed by atoms with Crippen LogP contribution in [0.5, 0.6) is 0 Å². The Morgan fingerprint density at radius 3 is 3.00 bits per heavy atom. The molecule has 0 saturated carbocycles. The fourth-order valence-corrected chi connectivity index (χ4v) is 3.86. The summed E-state index contributed by atoms with van der Waals surface area (Å²) in [5.41, 5.74) is 3.50. The second-order valence-corrected chi connectivity index (χ2v) is 7.49. The summed E-state index contributed by atoms with van der Waals surface area (Å²) < 4.78 is 7.69. The smallest absolute Gasteiger partial charge is 0.217 e. The molecule has 3 aromatic rings. The molecule has 3 heterocycles. The Kier molecular flexibility index (Phi) is 5.12. The van der Waals surface area contributed by atoms with Crippen LogP contribution in [0.4, 0.5) is 0 Å². The van der Waals surface area contributed by atoms with Crippen LogP contribution >= 0.6 is 23.2 Å². The van der Waals surface area contributed by atoms with E-state index in [0.717, 1.165) is 53.6 Å². The molecular weight excluding hydrogens is 387 g/mol. The molecule has 0 bridgehead atoms. The number of hydrogen-bond acceptors (Lipinski definition) is 3. The molecule has 8 heteroatoms. The summed E-state index contributed by atoms with van der Waals surface area (Å²) in [7, 11) is 0. The van der Waals surface area contributed by atoms with E-state index in [9.17, 15) is 4.79 Å². The first-order valence-electron chi connectivity index (χ1n) is 8.93. The van der Waals surface area contributed by atoms with E-state index in [2.05, 4.69) is 15.4 Å². The Morgan fingerprint density at radius 1 is 1.41 bits per heavy atom. The van der Waals surface area contributed by atoms with Gasteiger partial charge in [0.15, 0.2) is 0 Å². The van der Waals surface area contributed by atoms with Gasteiger partial charge in [-0.3, -0.25) is 4.79 Å². The second kappa shape index (κ2) is 7.54. The highest BCUT2D eigenvalue weighted by molar-refractivity contribution is 6.45. The number of nitrogens with one attached hydrogen (secondary N) is 2. The zero-order chi connectivity index (χ0) is 19.0. The van der Waals surface area contributed by atoms with Gasteiger partial charge in [0.05, 0.1) is 28.3 Å². The SMILES string of the molecule is CC(=O)NCc1[nH]c2c(Cl)c(Cl)ccc2c1-c1cnn(C2CCCCO2)c1. The summed E-state index contributed by atoms with van der Waals surface area (Å²) in [6.45, 7) is 2.61. The van der Waals surface area contributed by atoms with Crippen LogP contribution in [0.15, 0.2) is 24.5 Å². The molecule has 0 radical (unpaired) electrons. The normalized spacial score (nSPS) is 17.4. The summed E-state index contributed by atoms with van der Waals surface area (Å²) in [5.74, 6) is -0.102. The summed E-state index contributed by atoms with van der Waals surface area (Å²) in [4.78, 5) is 14.7. The number of aromatic nitrogens is 3. The first-order valence-corrected chi connectivity index (χ1v) is 9.69. The van der Waals surface area contributed by atoms with Crippen molar-refractivity contribution in [2.75, 3.05) is 6.61 Å². The number of carbonyl (C=O) groups excluding carboxylic acids is 1. The number of rotatable bonds is 4. The van der Waals surface area contributed by atoms with Crippen molar-refractivity contribution in [2.45, 2.75) is 39.0 Å². The third-order valence-corrected chi connectivity index (χ3v) is 5.60. The van der Waals surface area contributed by atoms with Crippen molar-refractivity contribution in [3.63, 3.8) is 0 Å². The number of carbonyl (C=O) groups is 1. The van der Waals surface area contributed by atoms with E-state index in [1.807, 2.05) is 23.1 Å². The third kappa shape index (κ3) is 3.57. The van der Waals surface area contributed by atoms with Gasteiger partial charge in [-0.2, -0.15) is 5.10 Å². The van der Waals surface area contributed by atoms with Crippen LogP contribution in [0.2, 0.25) is 10.0 Å². The highest BCUT2D eigenvalue weighted by Crippen LogP contribution is 2.38. The minimum atomic E-state index is -0.102. The highest BCUT2D eigenvalue weighted by atomic mass is 35.5. The molecule has 27 heavy (non-hydrogen) atoms. The van der Waals surface area contributed by atoms with Crippen LogP contribution in [0, 0.1) is 0 Å². The number of hydrogen-bond donors (Lipinski definition) is 2. The van der Waals surface area contributed by atoms with E-state index in [1.54, 1.807) is 6.07 Å². The van der Waals surface area contributed by atoms with Crippen LogP contribution in [0.1, 0.15) is 38.1 Å². The van der Waals surface area contributed by atoms with Gasteiger partial charge in [0.25, 0.3) is 0 Å². The Morgan fingerprint density at radius 2 is 2.26 bits per heavy atom. The lowest BCUT2D eigenvalue weighted by atomic mass is 10.0. The van der Waals surface area contributed by atoms with Gasteiger partial charge < -0.3 is 15.0 Å². The number of nitrogens with zero attached hydrogens (tertiary/aromatic N) is 2. The van der Waals surface area contributed by atoms with Crippen molar-refractivity contribution in [3.8, 4) is 11.1 Å². The lowest BCUT2D eigenvalue weighted by molar-refractivity contribution is -0.119. The summed E-state index contributed by atoms with van der Waals surface area (Å²) in [6, 6.07) is 3.71. The van der Waals surface area contributed by atoms with Crippen LogP contribution in [0.3, 0.4) is 0 Å². The standard InChI is InChI=1S/C19H20Cl2N4O2/c1-11(26)22-9-15-17(13-5-6-14(20)18(21)19(13)24-15)12-8-23-25(10-12)16-4-2-3-7-27-16/h5-6,8,10,16,24H,2-4,7,9H2,1H3,(H,22,26). The van der Waals surface area contributed by atoms with Crippen LogP contribution in [-0.2, 0) is 16.1 Å². The lowest BCUT2D eigenvalue weighted by Gasteiger charge is -2.22. The van der Waals surface area contributed by atoms with Gasteiger partial charge in [-0.15, -0.1) is 0 Å². The number of aromatic amines is 1. The second-order valence-electron chi connectivity index (χ2n) is 6.70. The van der Waals surface area contributed by atoms with E-state index >= 15 is 0 Å². The highest BCUT2D eigenvalue weighted by Gasteiger charge is 2.21. The molecule has 0 aliphatic carbocycles. The number of amides is 1.